The first-order chi connectivity index (χ1) is 17.3. The van der Waals surface area contributed by atoms with Crippen molar-refractivity contribution >= 4 is 45.1 Å². The average molecular weight is 546 g/mol. The molecule has 0 aromatic heterocycles. The standard InChI is InChI=1S/C27H27NP.CHF3O3S/c1-22-18-20-24(21-19-22)28(23-12-6-4-7-13-23)26-16-10-11-17-27(26)29(2,3)25-14-8-5-9-15-25;2-1(3,4)8(5,6)7/h4-21H,1-3H3;(H,5,6,7)/q+1;/p-1. The van der Waals surface area contributed by atoms with Gasteiger partial charge in [-0.25, -0.2) is 8.42 Å². The van der Waals surface area contributed by atoms with E-state index in [1.165, 1.54) is 33.2 Å². The first kappa shape index (κ1) is 28.4. The maximum atomic E-state index is 10.7. The van der Waals surface area contributed by atoms with Crippen molar-refractivity contribution in [3.05, 3.63) is 115 Å². The molecular weight excluding hydrogens is 518 g/mol. The minimum atomic E-state index is -6.09. The number of aryl methyl sites for hydroxylation is 1. The second kappa shape index (κ2) is 11.5. The number of halogens is 3. The average Bonchev–Trinajstić information content (AvgIpc) is 2.86. The van der Waals surface area contributed by atoms with Crippen molar-refractivity contribution in [1.29, 1.82) is 0 Å². The molecule has 0 heterocycles. The van der Waals surface area contributed by atoms with E-state index in [0.29, 0.717) is 0 Å². The first-order valence-corrected chi connectivity index (χ1v) is 15.3. The Bertz CT molecular complexity index is 1410. The molecule has 0 fully saturated rings. The fourth-order valence-electron chi connectivity index (χ4n) is 3.76. The van der Waals surface area contributed by atoms with Gasteiger partial charge in [0, 0.05) is 11.4 Å². The van der Waals surface area contributed by atoms with Crippen molar-refractivity contribution in [1.82, 2.24) is 0 Å². The van der Waals surface area contributed by atoms with Gasteiger partial charge in [-0.3, -0.25) is 0 Å². The Kier molecular flexibility index (Phi) is 8.80. The van der Waals surface area contributed by atoms with Crippen LogP contribution in [0, 0.1) is 6.92 Å². The topological polar surface area (TPSA) is 60.4 Å². The van der Waals surface area contributed by atoms with Gasteiger partial charge in [0.05, 0.1) is 31.6 Å². The Morgan fingerprint density at radius 1 is 0.703 bits per heavy atom. The van der Waals surface area contributed by atoms with Gasteiger partial charge in [0.1, 0.15) is 5.30 Å². The third kappa shape index (κ3) is 6.98. The van der Waals surface area contributed by atoms with Crippen molar-refractivity contribution in [2.45, 2.75) is 12.4 Å². The molecule has 0 N–H and O–H groups in total. The van der Waals surface area contributed by atoms with E-state index >= 15 is 0 Å². The number of hydrogen-bond donors (Lipinski definition) is 0. The van der Waals surface area contributed by atoms with Crippen LogP contribution in [0.3, 0.4) is 0 Å². The first-order valence-electron chi connectivity index (χ1n) is 11.3. The predicted octanol–water partition coefficient (Wildman–Crippen LogP) is 6.74. The lowest BCUT2D eigenvalue weighted by Gasteiger charge is -2.30. The third-order valence-electron chi connectivity index (χ3n) is 5.72. The van der Waals surface area contributed by atoms with Gasteiger partial charge in [-0.15, -0.1) is 0 Å². The molecule has 4 rings (SSSR count). The number of hydrogen-bond acceptors (Lipinski definition) is 4. The van der Waals surface area contributed by atoms with E-state index in [9.17, 15) is 13.2 Å². The number of benzene rings is 4. The summed E-state index contributed by atoms with van der Waals surface area (Å²) in [6.45, 7) is 6.97. The van der Waals surface area contributed by atoms with Crippen molar-refractivity contribution in [2.24, 2.45) is 0 Å². The second-order valence-electron chi connectivity index (χ2n) is 8.68. The van der Waals surface area contributed by atoms with E-state index in [1.54, 1.807) is 0 Å². The molecule has 0 radical (unpaired) electrons. The van der Waals surface area contributed by atoms with Gasteiger partial charge >= 0.3 is 5.51 Å². The van der Waals surface area contributed by atoms with Crippen LogP contribution < -0.4 is 15.5 Å². The number of para-hydroxylation sites is 2. The smallest absolute Gasteiger partial charge is 0.485 e. The molecule has 9 heteroatoms. The summed E-state index contributed by atoms with van der Waals surface area (Å²) in [5.74, 6) is 0. The zero-order valence-corrected chi connectivity index (χ0v) is 22.3. The van der Waals surface area contributed by atoms with Gasteiger partial charge in [0.2, 0.25) is 0 Å². The summed E-state index contributed by atoms with van der Waals surface area (Å²) in [7, 11) is -7.62. The molecule has 0 aliphatic heterocycles. The van der Waals surface area contributed by atoms with Crippen molar-refractivity contribution in [2.75, 3.05) is 18.2 Å². The lowest BCUT2D eigenvalue weighted by molar-refractivity contribution is -0.0517. The summed E-state index contributed by atoms with van der Waals surface area (Å²) in [6.07, 6.45) is 0. The predicted molar refractivity (Wildman–Crippen MR) is 146 cm³/mol. The van der Waals surface area contributed by atoms with Crippen LogP contribution in [-0.4, -0.2) is 31.8 Å². The monoisotopic (exact) mass is 545 g/mol. The van der Waals surface area contributed by atoms with Crippen LogP contribution in [0.25, 0.3) is 0 Å². The molecule has 0 aliphatic rings. The quantitative estimate of drug-likeness (QED) is 0.158. The minimum Gasteiger partial charge on any atom is -0.741 e. The lowest BCUT2D eigenvalue weighted by atomic mass is 10.1. The molecule has 4 aromatic rings. The zero-order valence-electron chi connectivity index (χ0n) is 20.6. The highest BCUT2D eigenvalue weighted by atomic mass is 32.2. The Labute approximate surface area is 216 Å². The van der Waals surface area contributed by atoms with Gasteiger partial charge < -0.3 is 9.45 Å². The van der Waals surface area contributed by atoms with E-state index < -0.39 is 22.9 Å². The summed E-state index contributed by atoms with van der Waals surface area (Å²) in [5, 5.41) is 2.83. The van der Waals surface area contributed by atoms with Gasteiger partial charge in [0.15, 0.2) is 10.1 Å². The summed E-state index contributed by atoms with van der Waals surface area (Å²) in [5.41, 5.74) is -0.761. The van der Waals surface area contributed by atoms with E-state index in [1.807, 2.05) is 0 Å². The Morgan fingerprint density at radius 3 is 1.65 bits per heavy atom. The molecule has 0 spiro atoms. The third-order valence-corrected chi connectivity index (χ3v) is 9.46. The second-order valence-corrected chi connectivity index (χ2v) is 14.0. The highest BCUT2D eigenvalue weighted by Crippen LogP contribution is 2.52. The van der Waals surface area contributed by atoms with Gasteiger partial charge in [-0.1, -0.05) is 66.2 Å². The fraction of sp³-hybridized carbons (Fsp3) is 0.143. The molecular formula is C28H27F3NO3PS. The molecule has 0 bridgehead atoms. The van der Waals surface area contributed by atoms with Crippen LogP contribution in [-0.2, 0) is 10.1 Å². The fourth-order valence-corrected chi connectivity index (χ4v) is 6.17. The Hall–Kier alpha value is -3.19. The van der Waals surface area contributed by atoms with Crippen LogP contribution in [0.4, 0.5) is 30.2 Å². The molecule has 0 saturated carbocycles. The molecule has 37 heavy (non-hydrogen) atoms. The van der Waals surface area contributed by atoms with E-state index in [4.69, 9.17) is 13.0 Å². The highest BCUT2D eigenvalue weighted by molar-refractivity contribution is 7.88. The van der Waals surface area contributed by atoms with Gasteiger partial charge in [-0.05, 0) is 55.5 Å². The number of rotatable bonds is 5. The van der Waals surface area contributed by atoms with Crippen LogP contribution in [0.2, 0.25) is 0 Å². The molecule has 0 saturated heterocycles. The molecule has 194 valence electrons. The minimum absolute atomic E-state index is 1.18. The SMILES string of the molecule is Cc1ccc(N(c2ccccc2)c2ccccc2[P+](C)(C)c2ccccc2)cc1.O=S(=O)([O-])C(F)(F)F. The molecule has 0 amide bonds. The maximum absolute atomic E-state index is 10.7. The van der Waals surface area contributed by atoms with Crippen LogP contribution in [0.5, 0.6) is 0 Å². The van der Waals surface area contributed by atoms with Gasteiger partial charge in [0.25, 0.3) is 0 Å². The van der Waals surface area contributed by atoms with E-state index in [-0.39, 0.29) is 0 Å². The van der Waals surface area contributed by atoms with Crippen molar-refractivity contribution in [3.8, 4) is 0 Å². The summed E-state index contributed by atoms with van der Waals surface area (Å²) in [6, 6.07) is 39.3. The summed E-state index contributed by atoms with van der Waals surface area (Å²) in [4.78, 5) is 2.39. The molecule has 4 aromatic carbocycles. The van der Waals surface area contributed by atoms with Crippen LogP contribution in [0.1, 0.15) is 5.56 Å². The van der Waals surface area contributed by atoms with Crippen LogP contribution in [0.15, 0.2) is 109 Å². The van der Waals surface area contributed by atoms with E-state index in [0.717, 1.165) is 0 Å². The molecule has 4 nitrogen and oxygen atoms in total. The van der Waals surface area contributed by atoms with Crippen molar-refractivity contribution in [3.63, 3.8) is 0 Å². The van der Waals surface area contributed by atoms with Crippen molar-refractivity contribution < 1.29 is 26.1 Å². The number of nitrogens with zero attached hydrogens (tertiary/aromatic N) is 1. The number of alkyl halides is 3. The number of anilines is 3. The zero-order chi connectivity index (χ0) is 27.3. The highest BCUT2D eigenvalue weighted by Gasteiger charge is 2.37. The molecule has 0 atom stereocenters. The summed E-state index contributed by atoms with van der Waals surface area (Å²) >= 11 is 0. The summed E-state index contributed by atoms with van der Waals surface area (Å²) < 4.78 is 58.9. The Balaban J connectivity index is 0.000000414. The van der Waals surface area contributed by atoms with E-state index in [2.05, 4.69) is 134 Å². The molecule has 0 aliphatic carbocycles. The molecule has 0 unspecified atom stereocenters. The van der Waals surface area contributed by atoms with Crippen LogP contribution >= 0.6 is 7.26 Å². The van der Waals surface area contributed by atoms with Gasteiger partial charge in [-0.2, -0.15) is 13.2 Å². The maximum Gasteiger partial charge on any atom is 0.485 e. The normalized spacial score (nSPS) is 11.9. The lowest BCUT2D eigenvalue weighted by Crippen LogP contribution is -2.26. The largest absolute Gasteiger partial charge is 0.741 e. The Morgan fingerprint density at radius 2 is 1.14 bits per heavy atom.